The molecule has 0 aliphatic heterocycles. The summed E-state index contributed by atoms with van der Waals surface area (Å²) in [6, 6.07) is 0.141. The molecule has 1 amide bonds. The Morgan fingerprint density at radius 3 is 2.82 bits per heavy atom. The van der Waals surface area contributed by atoms with E-state index in [1.165, 1.54) is 0 Å². The van der Waals surface area contributed by atoms with Gasteiger partial charge in [-0.2, -0.15) is 0 Å². The van der Waals surface area contributed by atoms with Crippen molar-refractivity contribution in [3.05, 3.63) is 6.92 Å². The fourth-order valence-corrected chi connectivity index (χ4v) is 0.849. The van der Waals surface area contributed by atoms with Gasteiger partial charge in [0.2, 0.25) is 5.91 Å². The summed E-state index contributed by atoms with van der Waals surface area (Å²) in [7, 11) is 1.66. The van der Waals surface area contributed by atoms with Crippen molar-refractivity contribution in [2.24, 2.45) is 0 Å². The molecule has 1 N–H and O–H groups in total. The van der Waals surface area contributed by atoms with Crippen LogP contribution in [0, 0.1) is 6.92 Å². The van der Waals surface area contributed by atoms with Crippen LogP contribution in [0.1, 0.15) is 19.8 Å². The number of rotatable bonds is 5. The maximum absolute atomic E-state index is 10.3. The molecule has 0 aromatic carbocycles. The van der Waals surface area contributed by atoms with Gasteiger partial charge in [-0.1, -0.05) is 0 Å². The van der Waals surface area contributed by atoms with E-state index < -0.39 is 5.91 Å². The molecule has 1 atom stereocenters. The molecule has 0 rings (SSSR count). The van der Waals surface area contributed by atoms with E-state index in [1.54, 1.807) is 7.11 Å². The average molecular weight is 157 g/mol. The zero-order chi connectivity index (χ0) is 8.69. The first-order chi connectivity index (χ1) is 5.16. The summed E-state index contributed by atoms with van der Waals surface area (Å²) >= 11 is 0. The molecule has 3 heteroatoms. The Balaban J connectivity index is 3.22. The lowest BCUT2D eigenvalue weighted by Gasteiger charge is -2.10. The lowest BCUT2D eigenvalue weighted by Crippen LogP contribution is -2.30. The van der Waals surface area contributed by atoms with Crippen LogP contribution in [0.25, 0.3) is 0 Å². The highest BCUT2D eigenvalue weighted by molar-refractivity contribution is 5.80. The summed E-state index contributed by atoms with van der Waals surface area (Å²) in [5.74, 6) is -0.463. The zero-order valence-electron chi connectivity index (χ0n) is 7.09. The number of hydrogen-bond acceptors (Lipinski definition) is 2. The van der Waals surface area contributed by atoms with Crippen molar-refractivity contribution in [3.8, 4) is 0 Å². The van der Waals surface area contributed by atoms with E-state index in [1.807, 2.05) is 6.92 Å². The molecule has 0 aromatic rings. The van der Waals surface area contributed by atoms with Gasteiger partial charge in [0.15, 0.2) is 0 Å². The Morgan fingerprint density at radius 2 is 2.36 bits per heavy atom. The standard InChI is InChI=1S/C8H15NO2/c1-7(9-8(2)10)5-4-6-11-3/h2,7H,4-6H2,1,3H3,(H,9,10). The Kier molecular flexibility index (Phi) is 5.84. The summed E-state index contributed by atoms with van der Waals surface area (Å²) in [5, 5.41) is 2.58. The molecule has 0 bridgehead atoms. The normalized spacial score (nSPS) is 12.6. The van der Waals surface area contributed by atoms with Gasteiger partial charge in [-0.3, -0.25) is 4.79 Å². The van der Waals surface area contributed by atoms with E-state index in [0.717, 1.165) is 19.4 Å². The highest BCUT2D eigenvalue weighted by Gasteiger charge is 2.01. The van der Waals surface area contributed by atoms with Crippen LogP contribution in [0.2, 0.25) is 0 Å². The summed E-state index contributed by atoms with van der Waals surface area (Å²) < 4.78 is 4.85. The molecule has 0 saturated heterocycles. The van der Waals surface area contributed by atoms with E-state index in [2.05, 4.69) is 5.32 Å². The minimum atomic E-state index is -0.463. The van der Waals surface area contributed by atoms with Gasteiger partial charge in [-0.15, -0.1) is 0 Å². The first-order valence-electron chi connectivity index (χ1n) is 3.71. The van der Waals surface area contributed by atoms with Crippen molar-refractivity contribution in [2.75, 3.05) is 13.7 Å². The molecule has 1 unspecified atom stereocenters. The Morgan fingerprint density at radius 1 is 1.73 bits per heavy atom. The maximum atomic E-state index is 10.3. The number of amides is 1. The van der Waals surface area contributed by atoms with Crippen molar-refractivity contribution in [1.82, 2.24) is 5.32 Å². The van der Waals surface area contributed by atoms with E-state index in [4.69, 9.17) is 11.7 Å². The number of nitrogens with one attached hydrogen (secondary N) is 1. The van der Waals surface area contributed by atoms with Crippen LogP contribution in [0.3, 0.4) is 0 Å². The highest BCUT2D eigenvalue weighted by atomic mass is 16.5. The monoisotopic (exact) mass is 157 g/mol. The second-order valence-corrected chi connectivity index (χ2v) is 2.54. The largest absolute Gasteiger partial charge is 0.385 e. The average Bonchev–Trinajstić information content (AvgIpc) is 1.86. The van der Waals surface area contributed by atoms with Crippen LogP contribution < -0.4 is 5.32 Å². The van der Waals surface area contributed by atoms with Crippen LogP contribution in [0.5, 0.6) is 0 Å². The molecule has 3 nitrogen and oxygen atoms in total. The predicted octanol–water partition coefficient (Wildman–Crippen LogP) is 0.629. The molecule has 0 heterocycles. The SMILES string of the molecule is [CH]C(=O)NC(C)CCCOC. The van der Waals surface area contributed by atoms with Crippen molar-refractivity contribution >= 4 is 5.91 Å². The van der Waals surface area contributed by atoms with Crippen LogP contribution in [-0.4, -0.2) is 25.7 Å². The molecule has 0 aromatic heterocycles. The van der Waals surface area contributed by atoms with Gasteiger partial charge in [0.1, 0.15) is 0 Å². The van der Waals surface area contributed by atoms with Gasteiger partial charge in [-0.25, -0.2) is 0 Å². The minimum absolute atomic E-state index is 0.141. The van der Waals surface area contributed by atoms with Gasteiger partial charge in [-0.05, 0) is 19.8 Å². The fourth-order valence-electron chi connectivity index (χ4n) is 0.849. The summed E-state index contributed by atoms with van der Waals surface area (Å²) in [4.78, 5) is 10.3. The number of carbonyl (C=O) groups is 1. The maximum Gasteiger partial charge on any atom is 0.224 e. The molecule has 0 saturated carbocycles. The Labute approximate surface area is 68.1 Å². The van der Waals surface area contributed by atoms with Crippen LogP contribution in [0.4, 0.5) is 0 Å². The Hall–Kier alpha value is -0.570. The molecule has 2 radical (unpaired) electrons. The summed E-state index contributed by atoms with van der Waals surface area (Å²) in [5.41, 5.74) is 0. The van der Waals surface area contributed by atoms with Crippen molar-refractivity contribution in [3.63, 3.8) is 0 Å². The molecule has 0 spiro atoms. The lowest BCUT2D eigenvalue weighted by molar-refractivity contribution is -0.117. The van der Waals surface area contributed by atoms with E-state index >= 15 is 0 Å². The third kappa shape index (κ3) is 7.33. The number of hydrogen-bond donors (Lipinski definition) is 1. The first-order valence-corrected chi connectivity index (χ1v) is 3.71. The van der Waals surface area contributed by atoms with E-state index in [9.17, 15) is 4.79 Å². The topological polar surface area (TPSA) is 38.3 Å². The van der Waals surface area contributed by atoms with Crippen molar-refractivity contribution < 1.29 is 9.53 Å². The lowest BCUT2D eigenvalue weighted by atomic mass is 10.2. The van der Waals surface area contributed by atoms with Gasteiger partial charge < -0.3 is 10.1 Å². The van der Waals surface area contributed by atoms with E-state index in [-0.39, 0.29) is 6.04 Å². The van der Waals surface area contributed by atoms with Gasteiger partial charge >= 0.3 is 0 Å². The third-order valence-corrected chi connectivity index (χ3v) is 1.37. The molecule has 0 fully saturated rings. The minimum Gasteiger partial charge on any atom is -0.385 e. The molecular weight excluding hydrogens is 142 g/mol. The van der Waals surface area contributed by atoms with Gasteiger partial charge in [0.05, 0.1) is 6.92 Å². The predicted molar refractivity (Wildman–Crippen MR) is 43.0 cm³/mol. The van der Waals surface area contributed by atoms with Crippen molar-refractivity contribution in [1.29, 1.82) is 0 Å². The second kappa shape index (κ2) is 6.16. The molecule has 11 heavy (non-hydrogen) atoms. The quantitative estimate of drug-likeness (QED) is 0.594. The number of ether oxygens (including phenoxy) is 1. The molecule has 0 aliphatic rings. The zero-order valence-corrected chi connectivity index (χ0v) is 7.09. The van der Waals surface area contributed by atoms with E-state index in [0.29, 0.717) is 0 Å². The van der Waals surface area contributed by atoms with Crippen LogP contribution in [0.15, 0.2) is 0 Å². The second-order valence-electron chi connectivity index (χ2n) is 2.54. The molecular formula is C8H15NO2. The van der Waals surface area contributed by atoms with Crippen molar-refractivity contribution in [2.45, 2.75) is 25.8 Å². The van der Waals surface area contributed by atoms with Crippen LogP contribution >= 0.6 is 0 Å². The van der Waals surface area contributed by atoms with Crippen LogP contribution in [-0.2, 0) is 9.53 Å². The fraction of sp³-hybridized carbons (Fsp3) is 0.750. The first kappa shape index (κ1) is 10.4. The van der Waals surface area contributed by atoms with Gasteiger partial charge in [0.25, 0.3) is 0 Å². The Bertz CT molecular complexity index is 115. The highest BCUT2D eigenvalue weighted by Crippen LogP contribution is 1.95. The molecule has 0 aliphatic carbocycles. The number of carbonyl (C=O) groups excluding carboxylic acids is 1. The smallest absolute Gasteiger partial charge is 0.224 e. The third-order valence-electron chi connectivity index (χ3n) is 1.37. The summed E-state index contributed by atoms with van der Waals surface area (Å²) in [6.45, 7) is 7.56. The van der Waals surface area contributed by atoms with Gasteiger partial charge in [0, 0.05) is 19.8 Å². The number of methoxy groups -OCH3 is 1. The summed E-state index contributed by atoms with van der Waals surface area (Å²) in [6.07, 6.45) is 1.84. The molecule has 64 valence electrons.